The van der Waals surface area contributed by atoms with E-state index in [0.717, 1.165) is 27.8 Å². The lowest BCUT2D eigenvalue weighted by molar-refractivity contribution is 0.0816. The van der Waals surface area contributed by atoms with Crippen molar-refractivity contribution in [1.29, 1.82) is 0 Å². The second-order valence-electron chi connectivity index (χ2n) is 4.98. The van der Waals surface area contributed by atoms with E-state index in [1.165, 1.54) is 0 Å². The van der Waals surface area contributed by atoms with E-state index in [1.807, 2.05) is 38.2 Å². The number of hydrogen-bond donors (Lipinski definition) is 1. The second-order valence-corrected chi connectivity index (χ2v) is 4.98. The molecule has 1 aliphatic rings. The van der Waals surface area contributed by atoms with Gasteiger partial charge in [-0.25, -0.2) is 4.98 Å². The van der Waals surface area contributed by atoms with Gasteiger partial charge in [-0.15, -0.1) is 0 Å². The predicted molar refractivity (Wildman–Crippen MR) is 74.6 cm³/mol. The first kappa shape index (κ1) is 11.7. The molecule has 0 unspecified atom stereocenters. The summed E-state index contributed by atoms with van der Waals surface area (Å²) in [6.45, 7) is 2.64. The van der Waals surface area contributed by atoms with Gasteiger partial charge in [0.15, 0.2) is 0 Å². The Morgan fingerprint density at radius 3 is 2.84 bits per heavy atom. The van der Waals surface area contributed by atoms with Gasteiger partial charge in [0, 0.05) is 30.9 Å². The summed E-state index contributed by atoms with van der Waals surface area (Å²) in [5.41, 5.74) is 10.8. The van der Waals surface area contributed by atoms with Gasteiger partial charge >= 0.3 is 0 Å². The van der Waals surface area contributed by atoms with E-state index in [2.05, 4.69) is 4.98 Å². The summed E-state index contributed by atoms with van der Waals surface area (Å²) in [5, 5.41) is 0. The molecule has 4 heteroatoms. The maximum atomic E-state index is 11.9. The predicted octanol–water partition coefficient (Wildman–Crippen LogP) is 2.22. The van der Waals surface area contributed by atoms with E-state index < -0.39 is 0 Å². The molecule has 0 radical (unpaired) electrons. The molecule has 0 spiro atoms. The van der Waals surface area contributed by atoms with Gasteiger partial charge in [0.1, 0.15) is 5.82 Å². The quantitative estimate of drug-likeness (QED) is 0.847. The van der Waals surface area contributed by atoms with E-state index in [0.29, 0.717) is 12.4 Å². The molecule has 1 aromatic heterocycles. The average Bonchev–Trinajstić information content (AvgIpc) is 2.67. The number of aromatic nitrogens is 1. The average molecular weight is 253 g/mol. The van der Waals surface area contributed by atoms with Crippen LogP contribution in [0.2, 0.25) is 0 Å². The van der Waals surface area contributed by atoms with Crippen molar-refractivity contribution in [2.75, 3.05) is 12.8 Å². The van der Waals surface area contributed by atoms with E-state index in [-0.39, 0.29) is 5.91 Å². The van der Waals surface area contributed by atoms with E-state index in [4.69, 9.17) is 5.73 Å². The molecule has 19 heavy (non-hydrogen) atoms. The van der Waals surface area contributed by atoms with Gasteiger partial charge in [0.2, 0.25) is 0 Å². The number of carbonyl (C=O) groups is 1. The molecule has 0 saturated carbocycles. The normalized spacial score (nSPS) is 13.8. The van der Waals surface area contributed by atoms with Gasteiger partial charge in [0.25, 0.3) is 5.91 Å². The molecule has 0 atom stereocenters. The Kier molecular flexibility index (Phi) is 2.52. The fourth-order valence-corrected chi connectivity index (χ4v) is 2.44. The first-order chi connectivity index (χ1) is 9.06. The lowest BCUT2D eigenvalue weighted by Gasteiger charge is -2.07. The van der Waals surface area contributed by atoms with Crippen molar-refractivity contribution >= 4 is 11.7 Å². The standard InChI is InChI=1S/C15H15N3O/c1-9-5-13(14(16)17-7-9)10-3-4-12-11(6-10)8-18(2)15(12)19/h3-7H,8H2,1-2H3,(H2,16,17). The van der Waals surface area contributed by atoms with Crippen molar-refractivity contribution in [3.8, 4) is 11.1 Å². The van der Waals surface area contributed by atoms with Crippen molar-refractivity contribution < 1.29 is 4.79 Å². The molecular formula is C15H15N3O. The van der Waals surface area contributed by atoms with Gasteiger partial charge in [-0.2, -0.15) is 0 Å². The van der Waals surface area contributed by atoms with Crippen LogP contribution in [-0.4, -0.2) is 22.8 Å². The molecule has 2 N–H and O–H groups in total. The van der Waals surface area contributed by atoms with Crippen molar-refractivity contribution in [2.24, 2.45) is 0 Å². The summed E-state index contributed by atoms with van der Waals surface area (Å²) < 4.78 is 0. The molecule has 2 aromatic rings. The topological polar surface area (TPSA) is 59.2 Å². The zero-order valence-corrected chi connectivity index (χ0v) is 11.0. The van der Waals surface area contributed by atoms with Gasteiger partial charge in [-0.1, -0.05) is 6.07 Å². The summed E-state index contributed by atoms with van der Waals surface area (Å²) in [7, 11) is 1.81. The second kappa shape index (κ2) is 4.09. The minimum atomic E-state index is 0.0805. The Labute approximate surface area is 111 Å². The van der Waals surface area contributed by atoms with Crippen LogP contribution in [0.5, 0.6) is 0 Å². The minimum Gasteiger partial charge on any atom is -0.383 e. The third-order valence-corrected chi connectivity index (χ3v) is 3.46. The SMILES string of the molecule is Cc1cnc(N)c(-c2ccc3c(c2)CN(C)C3=O)c1. The number of benzene rings is 1. The molecule has 3 rings (SSSR count). The van der Waals surface area contributed by atoms with Gasteiger partial charge in [-0.05, 0) is 41.8 Å². The van der Waals surface area contributed by atoms with Crippen molar-refractivity contribution in [1.82, 2.24) is 9.88 Å². The lowest BCUT2D eigenvalue weighted by atomic mass is 10.00. The van der Waals surface area contributed by atoms with Crippen molar-refractivity contribution in [2.45, 2.75) is 13.5 Å². The van der Waals surface area contributed by atoms with Gasteiger partial charge in [0.05, 0.1) is 0 Å². The van der Waals surface area contributed by atoms with Crippen LogP contribution in [0, 0.1) is 6.92 Å². The largest absolute Gasteiger partial charge is 0.383 e. The summed E-state index contributed by atoms with van der Waals surface area (Å²) in [4.78, 5) is 17.7. The van der Waals surface area contributed by atoms with E-state index in [9.17, 15) is 4.79 Å². The maximum absolute atomic E-state index is 11.9. The highest BCUT2D eigenvalue weighted by molar-refractivity contribution is 5.99. The van der Waals surface area contributed by atoms with Crippen molar-refractivity contribution in [3.63, 3.8) is 0 Å². The molecular weight excluding hydrogens is 238 g/mol. The zero-order valence-electron chi connectivity index (χ0n) is 11.0. The van der Waals surface area contributed by atoms with E-state index in [1.54, 1.807) is 11.1 Å². The summed E-state index contributed by atoms with van der Waals surface area (Å²) in [6, 6.07) is 7.86. The number of anilines is 1. The number of amides is 1. The van der Waals surface area contributed by atoms with Crippen LogP contribution in [0.3, 0.4) is 0 Å². The molecule has 4 nitrogen and oxygen atoms in total. The number of carbonyl (C=O) groups excluding carboxylic acids is 1. The number of pyridine rings is 1. The van der Waals surface area contributed by atoms with Crippen molar-refractivity contribution in [3.05, 3.63) is 47.2 Å². The Morgan fingerprint density at radius 1 is 1.26 bits per heavy atom. The van der Waals surface area contributed by atoms with Crippen LogP contribution in [0.1, 0.15) is 21.5 Å². The summed E-state index contributed by atoms with van der Waals surface area (Å²) >= 11 is 0. The minimum absolute atomic E-state index is 0.0805. The third-order valence-electron chi connectivity index (χ3n) is 3.46. The van der Waals surface area contributed by atoms with Crippen LogP contribution < -0.4 is 5.73 Å². The number of hydrogen-bond acceptors (Lipinski definition) is 3. The number of aryl methyl sites for hydroxylation is 1. The molecule has 0 bridgehead atoms. The van der Waals surface area contributed by atoms with Gasteiger partial charge in [-0.3, -0.25) is 4.79 Å². The number of nitrogens with two attached hydrogens (primary N) is 1. The number of rotatable bonds is 1. The van der Waals surface area contributed by atoms with Crippen LogP contribution >= 0.6 is 0 Å². The maximum Gasteiger partial charge on any atom is 0.254 e. The Bertz CT molecular complexity index is 679. The summed E-state index contributed by atoms with van der Waals surface area (Å²) in [5.74, 6) is 0.597. The van der Waals surface area contributed by atoms with E-state index >= 15 is 0 Å². The molecule has 1 aromatic carbocycles. The molecule has 0 fully saturated rings. The number of nitrogen functional groups attached to an aromatic ring is 1. The molecule has 0 saturated heterocycles. The van der Waals surface area contributed by atoms with Crippen LogP contribution in [0.15, 0.2) is 30.5 Å². The molecule has 96 valence electrons. The summed E-state index contributed by atoms with van der Waals surface area (Å²) in [6.07, 6.45) is 1.75. The highest BCUT2D eigenvalue weighted by atomic mass is 16.2. The fraction of sp³-hybridized carbons (Fsp3) is 0.200. The monoisotopic (exact) mass is 253 g/mol. The lowest BCUT2D eigenvalue weighted by Crippen LogP contribution is -2.17. The third kappa shape index (κ3) is 1.85. The van der Waals surface area contributed by atoms with Crippen LogP contribution in [0.25, 0.3) is 11.1 Å². The first-order valence-electron chi connectivity index (χ1n) is 6.17. The Balaban J connectivity index is 2.11. The highest BCUT2D eigenvalue weighted by Gasteiger charge is 2.24. The van der Waals surface area contributed by atoms with Gasteiger partial charge < -0.3 is 10.6 Å². The highest BCUT2D eigenvalue weighted by Crippen LogP contribution is 2.30. The Hall–Kier alpha value is -2.36. The molecule has 1 aliphatic heterocycles. The molecule has 0 aliphatic carbocycles. The Morgan fingerprint density at radius 2 is 2.05 bits per heavy atom. The zero-order chi connectivity index (χ0) is 13.6. The fourth-order valence-electron chi connectivity index (χ4n) is 2.44. The van der Waals surface area contributed by atoms with Crippen LogP contribution in [0.4, 0.5) is 5.82 Å². The number of nitrogens with zero attached hydrogens (tertiary/aromatic N) is 2. The number of fused-ring (bicyclic) bond motifs is 1. The smallest absolute Gasteiger partial charge is 0.254 e. The first-order valence-corrected chi connectivity index (χ1v) is 6.17. The molecule has 2 heterocycles. The van der Waals surface area contributed by atoms with Crippen LogP contribution in [-0.2, 0) is 6.54 Å². The molecule has 1 amide bonds.